The molecule has 1 atom stereocenters. The van der Waals surface area contributed by atoms with E-state index in [0.717, 1.165) is 6.54 Å². The quantitative estimate of drug-likeness (QED) is 0.529. The van der Waals surface area contributed by atoms with E-state index in [0.29, 0.717) is 12.1 Å². The second-order valence-electron chi connectivity index (χ2n) is 5.53. The van der Waals surface area contributed by atoms with Crippen molar-refractivity contribution in [3.63, 3.8) is 0 Å². The van der Waals surface area contributed by atoms with E-state index in [1.807, 2.05) is 17.7 Å². The van der Waals surface area contributed by atoms with Gasteiger partial charge in [0.15, 0.2) is 0 Å². The van der Waals surface area contributed by atoms with Gasteiger partial charge in [0.1, 0.15) is 0 Å². The highest BCUT2D eigenvalue weighted by atomic mass is 16.6. The molecule has 1 aromatic carbocycles. The van der Waals surface area contributed by atoms with E-state index in [1.165, 1.54) is 29.1 Å². The number of aromatic nitrogens is 4. The number of hydrogen-bond acceptors (Lipinski definition) is 5. The molecule has 0 bridgehead atoms. The molecule has 3 rings (SSSR count). The van der Waals surface area contributed by atoms with Crippen LogP contribution in [-0.2, 0) is 13.1 Å². The van der Waals surface area contributed by atoms with E-state index in [1.54, 1.807) is 12.5 Å². The van der Waals surface area contributed by atoms with Crippen LogP contribution in [0.1, 0.15) is 6.92 Å². The number of benzene rings is 1. The van der Waals surface area contributed by atoms with Crippen LogP contribution in [0.3, 0.4) is 0 Å². The molecular formula is C15H15N5O3. The number of hydrogen-bond donors (Lipinski definition) is 0. The van der Waals surface area contributed by atoms with Crippen molar-refractivity contribution in [2.24, 2.45) is 5.92 Å². The minimum atomic E-state index is -0.516. The molecule has 2 aromatic heterocycles. The highest BCUT2D eigenvalue weighted by Gasteiger charge is 2.12. The van der Waals surface area contributed by atoms with Crippen LogP contribution in [0.4, 0.5) is 5.69 Å². The van der Waals surface area contributed by atoms with Crippen LogP contribution in [0, 0.1) is 16.0 Å². The van der Waals surface area contributed by atoms with E-state index in [4.69, 9.17) is 0 Å². The predicted octanol–water partition coefficient (Wildman–Crippen LogP) is 1.84. The van der Waals surface area contributed by atoms with Crippen LogP contribution < -0.4 is 5.56 Å². The molecule has 0 spiro atoms. The molecule has 8 nitrogen and oxygen atoms in total. The SMILES string of the molecule is CC(Cn1ccnc1)Cn1cnc2ccc([N+](=O)[O-])cc2c1=O. The molecule has 0 aliphatic heterocycles. The maximum Gasteiger partial charge on any atom is 0.270 e. The Labute approximate surface area is 131 Å². The van der Waals surface area contributed by atoms with Crippen molar-refractivity contribution in [1.82, 2.24) is 19.1 Å². The standard InChI is InChI=1S/C15H15N5O3/c1-11(7-18-5-4-16-9-18)8-19-10-17-14-3-2-12(20(22)23)6-13(14)15(19)21/h2-6,9-11H,7-8H2,1H3. The average molecular weight is 313 g/mol. The number of nitro benzene ring substituents is 1. The van der Waals surface area contributed by atoms with Crippen molar-refractivity contribution in [2.45, 2.75) is 20.0 Å². The first-order chi connectivity index (χ1) is 11.0. The van der Waals surface area contributed by atoms with Crippen LogP contribution >= 0.6 is 0 Å². The van der Waals surface area contributed by atoms with Gasteiger partial charge in [0, 0.05) is 37.6 Å². The lowest BCUT2D eigenvalue weighted by atomic mass is 10.1. The van der Waals surface area contributed by atoms with Crippen molar-refractivity contribution in [3.05, 3.63) is 63.7 Å². The highest BCUT2D eigenvalue weighted by Crippen LogP contribution is 2.16. The fraction of sp³-hybridized carbons (Fsp3) is 0.267. The number of rotatable bonds is 5. The van der Waals surface area contributed by atoms with Crippen LogP contribution in [0.5, 0.6) is 0 Å². The molecule has 2 heterocycles. The fourth-order valence-corrected chi connectivity index (χ4v) is 2.54. The Kier molecular flexibility index (Phi) is 3.88. The first-order valence-electron chi connectivity index (χ1n) is 7.14. The van der Waals surface area contributed by atoms with E-state index < -0.39 is 4.92 Å². The lowest BCUT2D eigenvalue weighted by Crippen LogP contribution is -2.25. The van der Waals surface area contributed by atoms with Gasteiger partial charge < -0.3 is 4.57 Å². The van der Waals surface area contributed by atoms with Crippen molar-refractivity contribution < 1.29 is 4.92 Å². The minimum Gasteiger partial charge on any atom is -0.337 e. The first kappa shape index (κ1) is 14.9. The monoisotopic (exact) mass is 313 g/mol. The molecule has 0 N–H and O–H groups in total. The maximum atomic E-state index is 12.5. The van der Waals surface area contributed by atoms with Crippen LogP contribution in [0.25, 0.3) is 10.9 Å². The van der Waals surface area contributed by atoms with Crippen molar-refractivity contribution in [2.75, 3.05) is 0 Å². The Bertz CT molecular complexity index is 901. The molecule has 0 saturated carbocycles. The number of non-ortho nitro benzene ring substituents is 1. The van der Waals surface area contributed by atoms with Crippen LogP contribution in [0.2, 0.25) is 0 Å². The Morgan fingerprint density at radius 1 is 1.30 bits per heavy atom. The molecule has 0 radical (unpaired) electrons. The Morgan fingerprint density at radius 3 is 2.83 bits per heavy atom. The van der Waals surface area contributed by atoms with Gasteiger partial charge in [0.05, 0.1) is 28.5 Å². The number of fused-ring (bicyclic) bond motifs is 1. The molecular weight excluding hydrogens is 298 g/mol. The van der Waals surface area contributed by atoms with Crippen LogP contribution in [-0.4, -0.2) is 24.0 Å². The summed E-state index contributed by atoms with van der Waals surface area (Å²) in [6.07, 6.45) is 6.78. The summed E-state index contributed by atoms with van der Waals surface area (Å²) in [5, 5.41) is 11.1. The van der Waals surface area contributed by atoms with E-state index in [9.17, 15) is 14.9 Å². The Morgan fingerprint density at radius 2 is 2.13 bits per heavy atom. The summed E-state index contributed by atoms with van der Waals surface area (Å²) in [5.41, 5.74) is 0.0795. The molecule has 8 heteroatoms. The molecule has 118 valence electrons. The van der Waals surface area contributed by atoms with Gasteiger partial charge in [0.2, 0.25) is 0 Å². The predicted molar refractivity (Wildman–Crippen MR) is 84.0 cm³/mol. The molecule has 0 fully saturated rings. The smallest absolute Gasteiger partial charge is 0.270 e. The van der Waals surface area contributed by atoms with E-state index in [-0.39, 0.29) is 22.6 Å². The van der Waals surface area contributed by atoms with Gasteiger partial charge in [0.25, 0.3) is 11.2 Å². The lowest BCUT2D eigenvalue weighted by Gasteiger charge is -2.14. The third kappa shape index (κ3) is 3.10. The summed E-state index contributed by atoms with van der Waals surface area (Å²) < 4.78 is 3.43. The zero-order chi connectivity index (χ0) is 16.4. The summed E-state index contributed by atoms with van der Waals surface area (Å²) >= 11 is 0. The number of nitrogens with zero attached hydrogens (tertiary/aromatic N) is 5. The molecule has 1 unspecified atom stereocenters. The zero-order valence-electron chi connectivity index (χ0n) is 12.5. The fourth-order valence-electron chi connectivity index (χ4n) is 2.54. The third-order valence-electron chi connectivity index (χ3n) is 3.61. The Balaban J connectivity index is 1.90. The van der Waals surface area contributed by atoms with Gasteiger partial charge in [-0.1, -0.05) is 6.92 Å². The third-order valence-corrected chi connectivity index (χ3v) is 3.61. The summed E-state index contributed by atoms with van der Waals surface area (Å²) in [4.78, 5) is 31.1. The van der Waals surface area contributed by atoms with Gasteiger partial charge in [-0.25, -0.2) is 9.97 Å². The van der Waals surface area contributed by atoms with E-state index in [2.05, 4.69) is 9.97 Å². The van der Waals surface area contributed by atoms with Crippen molar-refractivity contribution >= 4 is 16.6 Å². The molecule has 0 saturated heterocycles. The van der Waals surface area contributed by atoms with E-state index >= 15 is 0 Å². The zero-order valence-corrected chi connectivity index (χ0v) is 12.5. The second-order valence-corrected chi connectivity index (χ2v) is 5.53. The molecule has 0 aliphatic rings. The van der Waals surface area contributed by atoms with Gasteiger partial charge in [-0.05, 0) is 12.0 Å². The first-order valence-corrected chi connectivity index (χ1v) is 7.14. The molecule has 0 amide bonds. The molecule has 23 heavy (non-hydrogen) atoms. The van der Waals surface area contributed by atoms with Gasteiger partial charge in [-0.3, -0.25) is 19.5 Å². The molecule has 3 aromatic rings. The second kappa shape index (κ2) is 5.99. The lowest BCUT2D eigenvalue weighted by molar-refractivity contribution is -0.384. The van der Waals surface area contributed by atoms with Crippen molar-refractivity contribution in [1.29, 1.82) is 0 Å². The minimum absolute atomic E-state index is 0.111. The Hall–Kier alpha value is -3.03. The largest absolute Gasteiger partial charge is 0.337 e. The molecule has 0 aliphatic carbocycles. The summed E-state index contributed by atoms with van der Waals surface area (Å²) in [6, 6.07) is 4.12. The summed E-state index contributed by atoms with van der Waals surface area (Å²) in [7, 11) is 0. The maximum absolute atomic E-state index is 12.5. The van der Waals surface area contributed by atoms with Crippen LogP contribution in [0.15, 0.2) is 48.0 Å². The summed E-state index contributed by atoms with van der Waals surface area (Å²) in [6.45, 7) is 3.21. The number of nitro groups is 1. The van der Waals surface area contributed by atoms with Gasteiger partial charge in [-0.2, -0.15) is 0 Å². The van der Waals surface area contributed by atoms with Gasteiger partial charge >= 0.3 is 0 Å². The summed E-state index contributed by atoms with van der Waals surface area (Å²) in [5.74, 6) is 0.180. The number of imidazole rings is 1. The van der Waals surface area contributed by atoms with Crippen molar-refractivity contribution in [3.8, 4) is 0 Å². The normalized spacial score (nSPS) is 12.4. The average Bonchev–Trinajstić information content (AvgIpc) is 3.02. The topological polar surface area (TPSA) is 95.8 Å². The highest BCUT2D eigenvalue weighted by molar-refractivity contribution is 5.79. The van der Waals surface area contributed by atoms with Gasteiger partial charge in [-0.15, -0.1) is 0 Å².